The van der Waals surface area contributed by atoms with Gasteiger partial charge in [-0.25, -0.2) is 0 Å². The summed E-state index contributed by atoms with van der Waals surface area (Å²) in [4.78, 5) is 2.61. The van der Waals surface area contributed by atoms with Crippen LogP contribution < -0.4 is 5.32 Å². The van der Waals surface area contributed by atoms with Gasteiger partial charge in [-0.05, 0) is 54.2 Å². The van der Waals surface area contributed by atoms with Gasteiger partial charge in [0.15, 0.2) is 0 Å². The van der Waals surface area contributed by atoms with Gasteiger partial charge in [0.25, 0.3) is 0 Å². The van der Waals surface area contributed by atoms with Crippen LogP contribution >= 0.6 is 11.3 Å². The summed E-state index contributed by atoms with van der Waals surface area (Å²) in [6, 6.07) is 2.24. The fourth-order valence-corrected chi connectivity index (χ4v) is 3.31. The van der Waals surface area contributed by atoms with Crippen LogP contribution in [0.4, 0.5) is 0 Å². The van der Waals surface area contributed by atoms with Crippen LogP contribution in [0.2, 0.25) is 0 Å². The van der Waals surface area contributed by atoms with Crippen LogP contribution in [0.15, 0.2) is 16.8 Å². The summed E-state index contributed by atoms with van der Waals surface area (Å²) in [6.45, 7) is 7.27. The zero-order valence-electron chi connectivity index (χ0n) is 10.3. The van der Waals surface area contributed by atoms with Crippen LogP contribution in [0.1, 0.15) is 18.9 Å². The molecule has 1 saturated heterocycles. The molecule has 0 spiro atoms. The third-order valence-electron chi connectivity index (χ3n) is 3.54. The second kappa shape index (κ2) is 5.30. The number of hydrogen-bond acceptors (Lipinski definition) is 3. The standard InChI is InChI=1S/C13H22N2S/c1-13(10-14-2)5-7-15(11-13)6-3-12-4-8-16-9-12/h4,8-9,14H,3,5-7,10-11H2,1-2H3. The van der Waals surface area contributed by atoms with Crippen molar-refractivity contribution in [2.45, 2.75) is 19.8 Å². The minimum Gasteiger partial charge on any atom is -0.319 e. The SMILES string of the molecule is CNCC1(C)CCN(CCc2ccsc2)C1. The van der Waals surface area contributed by atoms with Gasteiger partial charge in [-0.2, -0.15) is 11.3 Å². The Hall–Kier alpha value is -0.380. The highest BCUT2D eigenvalue weighted by atomic mass is 32.1. The zero-order valence-corrected chi connectivity index (χ0v) is 11.1. The van der Waals surface area contributed by atoms with Crippen molar-refractivity contribution < 1.29 is 0 Å². The van der Waals surface area contributed by atoms with Crippen LogP contribution in [0.3, 0.4) is 0 Å². The van der Waals surface area contributed by atoms with E-state index < -0.39 is 0 Å². The molecule has 1 aromatic heterocycles. The molecule has 0 amide bonds. The van der Waals surface area contributed by atoms with Crippen molar-refractivity contribution >= 4 is 11.3 Å². The molecule has 0 aromatic carbocycles. The first-order valence-corrected chi connectivity index (χ1v) is 7.04. The molecule has 1 aliphatic heterocycles. The number of nitrogens with one attached hydrogen (secondary N) is 1. The van der Waals surface area contributed by atoms with E-state index in [-0.39, 0.29) is 0 Å². The Bertz CT molecular complexity index is 310. The van der Waals surface area contributed by atoms with Gasteiger partial charge in [-0.3, -0.25) is 0 Å². The lowest BCUT2D eigenvalue weighted by atomic mass is 9.90. The Labute approximate surface area is 103 Å². The Morgan fingerprint density at radius 1 is 1.56 bits per heavy atom. The summed E-state index contributed by atoms with van der Waals surface area (Å²) < 4.78 is 0. The normalized spacial score (nSPS) is 26.4. The average molecular weight is 238 g/mol. The summed E-state index contributed by atoms with van der Waals surface area (Å²) in [5.41, 5.74) is 1.98. The predicted molar refractivity (Wildman–Crippen MR) is 71.1 cm³/mol. The second-order valence-corrected chi connectivity index (χ2v) is 6.03. The quantitative estimate of drug-likeness (QED) is 0.846. The minimum absolute atomic E-state index is 0.489. The van der Waals surface area contributed by atoms with E-state index in [1.807, 2.05) is 0 Å². The molecule has 1 atom stereocenters. The van der Waals surface area contributed by atoms with Gasteiger partial charge in [0.05, 0.1) is 0 Å². The van der Waals surface area contributed by atoms with Crippen LogP contribution in [0.5, 0.6) is 0 Å². The molecule has 0 bridgehead atoms. The lowest BCUT2D eigenvalue weighted by Gasteiger charge is -2.24. The van der Waals surface area contributed by atoms with Gasteiger partial charge in [0.2, 0.25) is 0 Å². The maximum atomic E-state index is 3.32. The molecule has 1 aliphatic rings. The highest BCUT2D eigenvalue weighted by Gasteiger charge is 2.32. The van der Waals surface area contributed by atoms with Crippen molar-refractivity contribution in [3.05, 3.63) is 22.4 Å². The van der Waals surface area contributed by atoms with Crippen LogP contribution in [0, 0.1) is 5.41 Å². The predicted octanol–water partition coefficient (Wildman–Crippen LogP) is 2.22. The summed E-state index contributed by atoms with van der Waals surface area (Å²) in [5.74, 6) is 0. The molecule has 0 radical (unpaired) electrons. The van der Waals surface area contributed by atoms with E-state index in [4.69, 9.17) is 0 Å². The van der Waals surface area contributed by atoms with Gasteiger partial charge in [-0.1, -0.05) is 6.92 Å². The molecule has 2 nitrogen and oxygen atoms in total. The van der Waals surface area contributed by atoms with E-state index in [0.29, 0.717) is 5.41 Å². The molecular formula is C13H22N2S. The van der Waals surface area contributed by atoms with E-state index in [9.17, 15) is 0 Å². The molecule has 90 valence electrons. The number of likely N-dealkylation sites (tertiary alicyclic amines) is 1. The molecule has 1 unspecified atom stereocenters. The van der Waals surface area contributed by atoms with Crippen molar-refractivity contribution in [3.63, 3.8) is 0 Å². The molecule has 1 N–H and O–H groups in total. The monoisotopic (exact) mass is 238 g/mol. The highest BCUT2D eigenvalue weighted by Crippen LogP contribution is 2.28. The summed E-state index contributed by atoms with van der Waals surface area (Å²) in [5, 5.41) is 7.75. The van der Waals surface area contributed by atoms with Gasteiger partial charge >= 0.3 is 0 Å². The molecular weight excluding hydrogens is 216 g/mol. The maximum absolute atomic E-state index is 3.32. The number of nitrogens with zero attached hydrogens (tertiary/aromatic N) is 1. The fourth-order valence-electron chi connectivity index (χ4n) is 2.61. The summed E-state index contributed by atoms with van der Waals surface area (Å²) in [6.07, 6.45) is 2.54. The number of hydrogen-bond donors (Lipinski definition) is 1. The lowest BCUT2D eigenvalue weighted by molar-refractivity contribution is 0.273. The Kier molecular flexibility index (Phi) is 4.00. The van der Waals surface area contributed by atoms with E-state index in [1.54, 1.807) is 11.3 Å². The molecule has 1 fully saturated rings. The van der Waals surface area contributed by atoms with Crippen LogP contribution in [-0.2, 0) is 6.42 Å². The molecule has 0 saturated carbocycles. The molecule has 16 heavy (non-hydrogen) atoms. The maximum Gasteiger partial charge on any atom is 0.00481 e. The third-order valence-corrected chi connectivity index (χ3v) is 4.27. The van der Waals surface area contributed by atoms with Gasteiger partial charge in [0.1, 0.15) is 0 Å². The first-order valence-electron chi connectivity index (χ1n) is 6.10. The second-order valence-electron chi connectivity index (χ2n) is 5.25. The first-order chi connectivity index (χ1) is 7.72. The summed E-state index contributed by atoms with van der Waals surface area (Å²) in [7, 11) is 2.05. The van der Waals surface area contributed by atoms with Crippen molar-refractivity contribution in [3.8, 4) is 0 Å². The van der Waals surface area contributed by atoms with Crippen molar-refractivity contribution in [2.75, 3.05) is 33.2 Å². The molecule has 3 heteroatoms. The lowest BCUT2D eigenvalue weighted by Crippen LogP contribution is -2.33. The number of rotatable bonds is 5. The number of thiophene rings is 1. The fraction of sp³-hybridized carbons (Fsp3) is 0.692. The van der Waals surface area contributed by atoms with Crippen molar-refractivity contribution in [2.24, 2.45) is 5.41 Å². The molecule has 0 aliphatic carbocycles. The first kappa shape index (κ1) is 12.1. The minimum atomic E-state index is 0.489. The van der Waals surface area contributed by atoms with E-state index in [2.05, 4.69) is 41.0 Å². The van der Waals surface area contributed by atoms with Gasteiger partial charge in [0, 0.05) is 19.6 Å². The molecule has 2 heterocycles. The van der Waals surface area contributed by atoms with Gasteiger partial charge < -0.3 is 10.2 Å². The van der Waals surface area contributed by atoms with Crippen molar-refractivity contribution in [1.82, 2.24) is 10.2 Å². The molecule has 1 aromatic rings. The topological polar surface area (TPSA) is 15.3 Å². The van der Waals surface area contributed by atoms with Crippen molar-refractivity contribution in [1.29, 1.82) is 0 Å². The average Bonchev–Trinajstić information content (AvgIpc) is 2.85. The highest BCUT2D eigenvalue weighted by molar-refractivity contribution is 7.07. The van der Waals surface area contributed by atoms with Crippen LogP contribution in [-0.4, -0.2) is 38.1 Å². The van der Waals surface area contributed by atoms with Crippen LogP contribution in [0.25, 0.3) is 0 Å². The molecule has 2 rings (SSSR count). The smallest absolute Gasteiger partial charge is 0.00481 e. The van der Waals surface area contributed by atoms with E-state index >= 15 is 0 Å². The van der Waals surface area contributed by atoms with E-state index in [1.165, 1.54) is 38.0 Å². The Morgan fingerprint density at radius 3 is 3.12 bits per heavy atom. The van der Waals surface area contributed by atoms with Gasteiger partial charge in [-0.15, -0.1) is 0 Å². The largest absolute Gasteiger partial charge is 0.319 e. The van der Waals surface area contributed by atoms with E-state index in [0.717, 1.165) is 6.54 Å². The Morgan fingerprint density at radius 2 is 2.44 bits per heavy atom. The summed E-state index contributed by atoms with van der Waals surface area (Å²) >= 11 is 1.80. The zero-order chi connectivity index (χ0) is 11.4. The third kappa shape index (κ3) is 3.06. The Balaban J connectivity index is 1.76.